The molecule has 4 N–H and O–H groups in total. The number of allylic oxidation sites excluding steroid dienone is 3. The van der Waals surface area contributed by atoms with Crippen molar-refractivity contribution in [2.75, 3.05) is 93.4 Å². The molecule has 9 atom stereocenters. The highest BCUT2D eigenvalue weighted by atomic mass is 35.5. The predicted molar refractivity (Wildman–Crippen MR) is 388 cm³/mol. The molecule has 103 heavy (non-hydrogen) atoms. The monoisotopic (exact) mass is 1440 g/mol. The molecule has 4 aliphatic rings. The summed E-state index contributed by atoms with van der Waals surface area (Å²) in [6.45, 7) is 13.9. The molecular formula is C77H101ClN8O17. The number of benzene rings is 4. The van der Waals surface area contributed by atoms with Crippen molar-refractivity contribution >= 4 is 70.0 Å². The van der Waals surface area contributed by atoms with Gasteiger partial charge in [0.2, 0.25) is 17.7 Å². The maximum Gasteiger partial charge on any atom is 0.424 e. The summed E-state index contributed by atoms with van der Waals surface area (Å²) in [7, 11) is 9.82. The molecule has 3 aliphatic heterocycles. The number of nitrogens with one attached hydrogen (secondary N) is 3. The number of aromatic nitrogens is 1. The SMILES string of the molecule is COc1cc2cc(c1Cl)N(C)CC[C@H](OC(=O)[C@H](C)N(C)C(=O)CCOCCOCCNC(=O)[C@H](CCC(=O)OC(C)(C)C)NC(=O)CCn1c(CN(C)N(C)C(=O)OCC3c4ccccc4-c4ccccc43)cc3ccccc31)[C@]1(C)OC1[C@H](C)[C@@H]1CC(O)(NC(=O)O1)[C@H](OC)/C=C/C=C(\C)C2. The fraction of sp³-hybridized carbons (Fsp3) is 0.519. The van der Waals surface area contributed by atoms with E-state index in [9.17, 15) is 38.7 Å². The second kappa shape index (κ2) is 34.8. The third kappa shape index (κ3) is 19.8. The summed E-state index contributed by atoms with van der Waals surface area (Å²) >= 11 is 6.95. The average molecular weight is 1450 g/mol. The molecule has 5 amide bonds. The number of methoxy groups -OCH3 is 2. The number of amides is 5. The third-order valence-corrected chi connectivity index (χ3v) is 20.0. The Morgan fingerprint density at radius 2 is 1.57 bits per heavy atom. The maximum absolute atomic E-state index is 14.2. The number of alkyl carbamates (subject to hydrolysis) is 1. The van der Waals surface area contributed by atoms with Gasteiger partial charge < -0.3 is 72.7 Å². The zero-order chi connectivity index (χ0) is 74.5. The zero-order valence-corrected chi connectivity index (χ0v) is 62.2. The largest absolute Gasteiger partial charge is 0.495 e. The van der Waals surface area contributed by atoms with Gasteiger partial charge in [0.15, 0.2) is 5.72 Å². The molecule has 1 aromatic heterocycles. The first-order valence-corrected chi connectivity index (χ1v) is 35.5. The van der Waals surface area contributed by atoms with E-state index < -0.39 is 95.3 Å². The number of halogens is 1. The van der Waals surface area contributed by atoms with E-state index in [1.54, 1.807) is 66.1 Å². The molecule has 4 heterocycles. The van der Waals surface area contributed by atoms with Gasteiger partial charge >= 0.3 is 24.1 Å². The van der Waals surface area contributed by atoms with Gasteiger partial charge in [-0.1, -0.05) is 109 Å². The number of epoxide rings is 1. The lowest BCUT2D eigenvalue weighted by Gasteiger charge is -2.42. The number of likely N-dealkylation sites (N-methyl/N-ethyl adjacent to an activating group) is 1. The van der Waals surface area contributed by atoms with Gasteiger partial charge in [0.1, 0.15) is 59.0 Å². The molecule has 4 bridgehead atoms. The van der Waals surface area contributed by atoms with Crippen molar-refractivity contribution in [1.82, 2.24) is 35.4 Å². The smallest absolute Gasteiger partial charge is 0.424 e. The molecular weight excluding hydrogens is 1340 g/mol. The van der Waals surface area contributed by atoms with Crippen LogP contribution in [-0.2, 0) is 81.4 Å². The van der Waals surface area contributed by atoms with Gasteiger partial charge in [0.05, 0.1) is 58.3 Å². The van der Waals surface area contributed by atoms with E-state index in [0.717, 1.165) is 50.0 Å². The minimum absolute atomic E-state index is 0.00657. The van der Waals surface area contributed by atoms with E-state index in [1.807, 2.05) is 110 Å². The summed E-state index contributed by atoms with van der Waals surface area (Å²) in [6, 6.07) is 27.8. The zero-order valence-electron chi connectivity index (χ0n) is 61.4. The van der Waals surface area contributed by atoms with Crippen LogP contribution in [0.2, 0.25) is 5.02 Å². The molecule has 2 unspecified atom stereocenters. The topological polar surface area (TPSA) is 280 Å². The van der Waals surface area contributed by atoms with Crippen molar-refractivity contribution < 1.29 is 81.3 Å². The van der Waals surface area contributed by atoms with Gasteiger partial charge in [-0.2, -0.15) is 0 Å². The number of ether oxygens (including phenoxy) is 9. The van der Waals surface area contributed by atoms with E-state index in [1.165, 1.54) is 24.1 Å². The number of nitrogens with zero attached hydrogens (tertiary/aromatic N) is 5. The number of hydrogen-bond acceptors (Lipinski definition) is 19. The van der Waals surface area contributed by atoms with Gasteiger partial charge in [0.25, 0.3) is 0 Å². The molecule has 0 saturated carbocycles. The molecule has 558 valence electrons. The highest BCUT2D eigenvalue weighted by Crippen LogP contribution is 2.50. The fourth-order valence-corrected chi connectivity index (χ4v) is 13.9. The fourth-order valence-electron chi connectivity index (χ4n) is 13.6. The van der Waals surface area contributed by atoms with E-state index in [2.05, 4.69) is 40.2 Å². The number of aliphatic hydroxyl groups is 1. The van der Waals surface area contributed by atoms with E-state index in [0.29, 0.717) is 36.0 Å². The molecule has 2 fully saturated rings. The normalized spacial score (nSPS) is 22.5. The number of aryl methyl sites for hydroxylation is 1. The molecule has 0 radical (unpaired) electrons. The Morgan fingerprint density at radius 1 is 0.893 bits per heavy atom. The second-order valence-electron chi connectivity index (χ2n) is 28.2. The molecule has 2 saturated heterocycles. The average Bonchev–Trinajstić information content (AvgIpc) is 1.58. The van der Waals surface area contributed by atoms with Crippen LogP contribution in [0.3, 0.4) is 0 Å². The Hall–Kier alpha value is -8.56. The Kier molecular flexibility index (Phi) is 26.6. The first kappa shape index (κ1) is 78.6. The van der Waals surface area contributed by atoms with Crippen LogP contribution in [0.25, 0.3) is 22.0 Å². The summed E-state index contributed by atoms with van der Waals surface area (Å²) in [6.07, 6.45) is 1.23. The summed E-state index contributed by atoms with van der Waals surface area (Å²) in [5, 5.41) is 24.7. The molecule has 1 aliphatic carbocycles. The van der Waals surface area contributed by atoms with Crippen molar-refractivity contribution in [3.8, 4) is 16.9 Å². The first-order chi connectivity index (χ1) is 49.0. The number of hydrogen-bond donors (Lipinski definition) is 4. The van der Waals surface area contributed by atoms with Crippen LogP contribution in [0.1, 0.15) is 115 Å². The molecule has 4 aromatic carbocycles. The van der Waals surface area contributed by atoms with Crippen molar-refractivity contribution in [3.63, 3.8) is 0 Å². The third-order valence-electron chi connectivity index (χ3n) is 19.6. The number of para-hydroxylation sites is 1. The molecule has 9 rings (SSSR count). The Balaban J connectivity index is 0.738. The van der Waals surface area contributed by atoms with E-state index >= 15 is 0 Å². The summed E-state index contributed by atoms with van der Waals surface area (Å²) in [5.41, 5.74) is 5.10. The van der Waals surface area contributed by atoms with Gasteiger partial charge in [-0.05, 0) is 112 Å². The summed E-state index contributed by atoms with van der Waals surface area (Å²) < 4.78 is 55.0. The van der Waals surface area contributed by atoms with Crippen LogP contribution < -0.4 is 25.6 Å². The highest BCUT2D eigenvalue weighted by molar-refractivity contribution is 6.34. The van der Waals surface area contributed by atoms with Crippen LogP contribution in [-0.4, -0.2) is 208 Å². The van der Waals surface area contributed by atoms with Crippen molar-refractivity contribution in [1.29, 1.82) is 0 Å². The molecule has 25 nitrogen and oxygen atoms in total. The van der Waals surface area contributed by atoms with Crippen LogP contribution in [0.15, 0.2) is 115 Å². The van der Waals surface area contributed by atoms with Crippen molar-refractivity contribution in [3.05, 3.63) is 142 Å². The summed E-state index contributed by atoms with van der Waals surface area (Å²) in [5.74, 6) is -2.65. The predicted octanol–water partition coefficient (Wildman–Crippen LogP) is 9.41. The summed E-state index contributed by atoms with van der Waals surface area (Å²) in [4.78, 5) is 98.4. The number of anilines is 1. The van der Waals surface area contributed by atoms with Gasteiger partial charge in [-0.25, -0.2) is 24.4 Å². The van der Waals surface area contributed by atoms with Gasteiger partial charge in [-0.15, -0.1) is 0 Å². The second-order valence-corrected chi connectivity index (χ2v) is 28.6. The number of hydrazine groups is 1. The number of fused-ring (bicyclic) bond motifs is 9. The molecule has 0 spiro atoms. The number of esters is 2. The van der Waals surface area contributed by atoms with Crippen molar-refractivity contribution in [2.45, 2.75) is 166 Å². The van der Waals surface area contributed by atoms with Crippen molar-refractivity contribution in [2.24, 2.45) is 5.92 Å². The van der Waals surface area contributed by atoms with Crippen LogP contribution >= 0.6 is 11.6 Å². The molecule has 26 heteroatoms. The lowest BCUT2D eigenvalue weighted by atomic mass is 9.83. The highest BCUT2D eigenvalue weighted by Gasteiger charge is 2.64. The molecule has 5 aromatic rings. The van der Waals surface area contributed by atoms with Crippen LogP contribution in [0, 0.1) is 5.92 Å². The Bertz CT molecular complexity index is 3870. The van der Waals surface area contributed by atoms with Gasteiger partial charge in [0, 0.05) is 104 Å². The Morgan fingerprint density at radius 3 is 2.26 bits per heavy atom. The lowest BCUT2D eigenvalue weighted by Crippen LogP contribution is -2.63. The minimum Gasteiger partial charge on any atom is -0.495 e. The van der Waals surface area contributed by atoms with Gasteiger partial charge in [-0.3, -0.25) is 24.5 Å². The lowest BCUT2D eigenvalue weighted by molar-refractivity contribution is -0.161. The minimum atomic E-state index is -1.84. The maximum atomic E-state index is 14.2. The quantitative estimate of drug-likeness (QED) is 0.0125. The van der Waals surface area contributed by atoms with E-state index in [4.69, 9.17) is 54.2 Å². The first-order valence-electron chi connectivity index (χ1n) is 35.1. The van der Waals surface area contributed by atoms with Crippen LogP contribution in [0.5, 0.6) is 5.75 Å². The number of carbonyl (C=O) groups is 7. The number of rotatable bonds is 27. The Labute approximate surface area is 608 Å². The standard InChI is InChI=1S/C77H101ClN8O17/c1-48-21-20-28-65(96-13)77(94)45-63(100-73(92)81-77)49(2)70-76(7,103-70)64(31-35-82(8)61-42-51(41-48)43-62(95-12)69(61)78)101-72(91)50(3)84(10)67(88)33-37-97-39-40-98-38-34-79-71(90)59(29-30-68(89)102-75(4,5)6)80-66(87)32-36-86-53(44-52-22-14-19-27-60(52)86)46-83(9)85(11)74(93)99-47-58-56-25-17-15-23-54(56)55-24-16-18-26-57(55)58/h14-28,42-44,49-50,58-59,63-65,70,94H,29-41,45-47H2,1-13H3,(H,79,90)(H,80,87)(H,81,92)/b28-20+,48-21+/t49-,50+,59+,63+,64+,65-,70?,76+,77?/m1/s1. The van der Waals surface area contributed by atoms with Crippen LogP contribution in [0.4, 0.5) is 15.3 Å². The number of carbonyl (C=O) groups excluding carboxylic acids is 7. The van der Waals surface area contributed by atoms with E-state index in [-0.39, 0.29) is 96.5 Å².